The van der Waals surface area contributed by atoms with Crippen LogP contribution in [0.25, 0.3) is 0 Å². The first-order valence-electron chi connectivity index (χ1n) is 9.77. The minimum atomic E-state index is 0.110. The monoisotopic (exact) mass is 386 g/mol. The number of aryl methyl sites for hydroxylation is 1. The van der Waals surface area contributed by atoms with Crippen molar-refractivity contribution in [3.63, 3.8) is 0 Å². The van der Waals surface area contributed by atoms with Gasteiger partial charge in [0.2, 0.25) is 0 Å². The molecule has 0 aliphatic heterocycles. The van der Waals surface area contributed by atoms with Crippen LogP contribution in [0.4, 0.5) is 0 Å². The zero-order chi connectivity index (χ0) is 20.4. The number of benzene rings is 1. The van der Waals surface area contributed by atoms with E-state index < -0.39 is 0 Å². The lowest BCUT2D eigenvalue weighted by atomic mass is 10.1. The molecule has 1 aromatic heterocycles. The van der Waals surface area contributed by atoms with Gasteiger partial charge in [-0.15, -0.1) is 0 Å². The van der Waals surface area contributed by atoms with Gasteiger partial charge in [-0.1, -0.05) is 30.3 Å². The lowest BCUT2D eigenvalue weighted by Gasteiger charge is -2.24. The fraction of sp³-hybridized carbons (Fsp3) is 0.524. The summed E-state index contributed by atoms with van der Waals surface area (Å²) in [6, 6.07) is 10.5. The Hall–Kier alpha value is -2.38. The van der Waals surface area contributed by atoms with E-state index in [1.54, 1.807) is 7.05 Å². The molecule has 2 rings (SSSR count). The predicted octanol–water partition coefficient (Wildman–Crippen LogP) is 2.36. The van der Waals surface area contributed by atoms with E-state index in [4.69, 9.17) is 4.74 Å². The summed E-state index contributed by atoms with van der Waals surface area (Å²) in [7, 11) is 7.87. The molecule has 7 nitrogen and oxygen atoms in total. The van der Waals surface area contributed by atoms with Crippen LogP contribution in [0.15, 0.2) is 47.7 Å². The SMILES string of the molecule is CN=C(NCCCOC(C)c1ccccc1)NCC(c1cnn(C)c1)N(C)C. The molecule has 0 aliphatic rings. The molecule has 0 aliphatic carbocycles. The normalized spacial score (nSPS) is 14.1. The highest BCUT2D eigenvalue weighted by molar-refractivity contribution is 5.79. The first-order valence-corrected chi connectivity index (χ1v) is 9.77. The Morgan fingerprint density at radius 1 is 1.21 bits per heavy atom. The van der Waals surface area contributed by atoms with Crippen molar-refractivity contribution in [2.45, 2.75) is 25.5 Å². The van der Waals surface area contributed by atoms with E-state index in [0.29, 0.717) is 6.61 Å². The van der Waals surface area contributed by atoms with Crippen LogP contribution < -0.4 is 10.6 Å². The molecule has 0 radical (unpaired) electrons. The lowest BCUT2D eigenvalue weighted by Crippen LogP contribution is -2.42. The number of guanidine groups is 1. The van der Waals surface area contributed by atoms with Crippen molar-refractivity contribution in [1.29, 1.82) is 0 Å². The maximum atomic E-state index is 5.92. The Bertz CT molecular complexity index is 713. The van der Waals surface area contributed by atoms with E-state index in [9.17, 15) is 0 Å². The molecule has 2 atom stereocenters. The second kappa shape index (κ2) is 11.5. The van der Waals surface area contributed by atoms with Crippen molar-refractivity contribution in [1.82, 2.24) is 25.3 Å². The second-order valence-corrected chi connectivity index (χ2v) is 7.08. The largest absolute Gasteiger partial charge is 0.374 e. The van der Waals surface area contributed by atoms with Crippen LogP contribution in [0.2, 0.25) is 0 Å². The van der Waals surface area contributed by atoms with Gasteiger partial charge in [0, 0.05) is 45.6 Å². The molecular formula is C21H34N6O. The van der Waals surface area contributed by atoms with E-state index in [1.165, 1.54) is 11.1 Å². The van der Waals surface area contributed by atoms with Gasteiger partial charge in [-0.05, 0) is 33.0 Å². The quantitative estimate of drug-likeness (QED) is 0.373. The molecule has 28 heavy (non-hydrogen) atoms. The third-order valence-corrected chi connectivity index (χ3v) is 4.67. The van der Waals surface area contributed by atoms with Gasteiger partial charge in [0.05, 0.1) is 18.3 Å². The van der Waals surface area contributed by atoms with Crippen molar-refractivity contribution in [2.24, 2.45) is 12.0 Å². The van der Waals surface area contributed by atoms with Gasteiger partial charge in [0.25, 0.3) is 0 Å². The number of aliphatic imine (C=N–C) groups is 1. The van der Waals surface area contributed by atoms with Crippen molar-refractivity contribution in [3.05, 3.63) is 53.9 Å². The summed E-state index contributed by atoms with van der Waals surface area (Å²) < 4.78 is 7.75. The van der Waals surface area contributed by atoms with E-state index in [1.807, 2.05) is 42.3 Å². The predicted molar refractivity (Wildman–Crippen MR) is 114 cm³/mol. The maximum absolute atomic E-state index is 5.92. The van der Waals surface area contributed by atoms with Gasteiger partial charge in [-0.25, -0.2) is 0 Å². The van der Waals surface area contributed by atoms with Gasteiger partial charge in [0.15, 0.2) is 5.96 Å². The Morgan fingerprint density at radius 2 is 1.96 bits per heavy atom. The summed E-state index contributed by atoms with van der Waals surface area (Å²) in [6.07, 6.45) is 4.98. The summed E-state index contributed by atoms with van der Waals surface area (Å²) in [5.41, 5.74) is 2.39. The number of ether oxygens (including phenoxy) is 1. The van der Waals surface area contributed by atoms with Crippen LogP contribution in [0.5, 0.6) is 0 Å². The Balaban J connectivity index is 1.69. The topological polar surface area (TPSA) is 66.7 Å². The van der Waals surface area contributed by atoms with Crippen LogP contribution in [0, 0.1) is 0 Å². The molecule has 0 saturated heterocycles. The fourth-order valence-corrected chi connectivity index (χ4v) is 2.98. The molecule has 1 aromatic carbocycles. The van der Waals surface area contributed by atoms with Crippen molar-refractivity contribution < 1.29 is 4.74 Å². The second-order valence-electron chi connectivity index (χ2n) is 7.08. The van der Waals surface area contributed by atoms with Crippen molar-refractivity contribution >= 4 is 5.96 Å². The van der Waals surface area contributed by atoms with E-state index in [-0.39, 0.29) is 12.1 Å². The average Bonchev–Trinajstić information content (AvgIpc) is 3.12. The molecule has 2 N–H and O–H groups in total. The molecule has 7 heteroatoms. The molecule has 0 spiro atoms. The summed E-state index contributed by atoms with van der Waals surface area (Å²) in [5.74, 6) is 0.798. The highest BCUT2D eigenvalue weighted by Gasteiger charge is 2.16. The average molecular weight is 387 g/mol. The molecular weight excluding hydrogens is 352 g/mol. The summed E-state index contributed by atoms with van der Waals surface area (Å²) in [5, 5.41) is 11.0. The Morgan fingerprint density at radius 3 is 2.57 bits per heavy atom. The highest BCUT2D eigenvalue weighted by Crippen LogP contribution is 2.16. The van der Waals surface area contributed by atoms with E-state index in [0.717, 1.165) is 25.5 Å². The van der Waals surface area contributed by atoms with Crippen molar-refractivity contribution in [2.75, 3.05) is 40.8 Å². The fourth-order valence-electron chi connectivity index (χ4n) is 2.98. The number of nitrogens with one attached hydrogen (secondary N) is 2. The molecule has 154 valence electrons. The lowest BCUT2D eigenvalue weighted by molar-refractivity contribution is 0.0646. The molecule has 2 unspecified atom stereocenters. The molecule has 0 amide bonds. The standard InChI is InChI=1S/C21H34N6O/c1-17(18-10-7-6-8-11-18)28-13-9-12-23-21(22-2)24-15-20(26(3)4)19-14-25-27(5)16-19/h6-8,10-11,14,16-17,20H,9,12-13,15H2,1-5H3,(H2,22,23,24). The molecule has 2 aromatic rings. The number of rotatable bonds is 10. The van der Waals surface area contributed by atoms with Gasteiger partial charge < -0.3 is 20.3 Å². The number of aromatic nitrogens is 2. The number of likely N-dealkylation sites (N-methyl/N-ethyl adjacent to an activating group) is 1. The summed E-state index contributed by atoms with van der Waals surface area (Å²) in [4.78, 5) is 6.49. The Kier molecular flexibility index (Phi) is 8.97. The zero-order valence-corrected chi connectivity index (χ0v) is 17.7. The summed E-state index contributed by atoms with van der Waals surface area (Å²) in [6.45, 7) is 4.35. The third kappa shape index (κ3) is 6.98. The van der Waals surface area contributed by atoms with Crippen LogP contribution in [-0.4, -0.2) is 61.5 Å². The molecule has 1 heterocycles. The molecule has 0 bridgehead atoms. The summed E-state index contributed by atoms with van der Waals surface area (Å²) >= 11 is 0. The third-order valence-electron chi connectivity index (χ3n) is 4.67. The van der Waals surface area contributed by atoms with Crippen molar-refractivity contribution in [3.8, 4) is 0 Å². The van der Waals surface area contributed by atoms with Gasteiger partial charge in [-0.2, -0.15) is 5.10 Å². The molecule has 0 saturated carbocycles. The van der Waals surface area contributed by atoms with E-state index in [2.05, 4.69) is 58.8 Å². The van der Waals surface area contributed by atoms with Crippen LogP contribution in [0.3, 0.4) is 0 Å². The first kappa shape index (κ1) is 21.9. The van der Waals surface area contributed by atoms with E-state index >= 15 is 0 Å². The van der Waals surface area contributed by atoms with Crippen LogP contribution in [-0.2, 0) is 11.8 Å². The smallest absolute Gasteiger partial charge is 0.191 e. The van der Waals surface area contributed by atoms with Crippen LogP contribution in [0.1, 0.15) is 36.6 Å². The first-order chi connectivity index (χ1) is 13.5. The van der Waals surface area contributed by atoms with Gasteiger partial charge in [0.1, 0.15) is 0 Å². The zero-order valence-electron chi connectivity index (χ0n) is 17.7. The minimum Gasteiger partial charge on any atom is -0.374 e. The molecule has 0 fully saturated rings. The Labute approximate surface area is 168 Å². The number of hydrogen-bond acceptors (Lipinski definition) is 4. The van der Waals surface area contributed by atoms with Gasteiger partial charge in [-0.3, -0.25) is 9.67 Å². The van der Waals surface area contributed by atoms with Gasteiger partial charge >= 0.3 is 0 Å². The van der Waals surface area contributed by atoms with Crippen LogP contribution >= 0.6 is 0 Å². The highest BCUT2D eigenvalue weighted by atomic mass is 16.5. The number of nitrogens with zero attached hydrogens (tertiary/aromatic N) is 4. The number of hydrogen-bond donors (Lipinski definition) is 2. The maximum Gasteiger partial charge on any atom is 0.191 e. The minimum absolute atomic E-state index is 0.110.